The van der Waals surface area contributed by atoms with Gasteiger partial charge in [-0.15, -0.1) is 0 Å². The zero-order valence-electron chi connectivity index (χ0n) is 9.46. The summed E-state index contributed by atoms with van der Waals surface area (Å²) in [5.41, 5.74) is 7.83. The number of hydrogen-bond donors (Lipinski definition) is 1. The Kier molecular flexibility index (Phi) is 3.21. The van der Waals surface area contributed by atoms with E-state index in [2.05, 4.69) is 30.7 Å². The topological polar surface area (TPSA) is 51.8 Å². The molecule has 1 rings (SSSR count). The molecule has 0 fully saturated rings. The van der Waals surface area contributed by atoms with Gasteiger partial charge in [0, 0.05) is 12.2 Å². The highest BCUT2D eigenvalue weighted by atomic mass is 14.9. The van der Waals surface area contributed by atoms with E-state index in [0.717, 1.165) is 23.6 Å². The van der Waals surface area contributed by atoms with E-state index in [0.29, 0.717) is 6.54 Å². The fourth-order valence-corrected chi connectivity index (χ4v) is 1.44. The first-order valence-electron chi connectivity index (χ1n) is 4.94. The van der Waals surface area contributed by atoms with Crippen LogP contribution in [0.3, 0.4) is 0 Å². The first kappa shape index (κ1) is 11.1. The fourth-order valence-electron chi connectivity index (χ4n) is 1.44. The first-order chi connectivity index (χ1) is 6.40. The molecule has 1 aromatic rings. The van der Waals surface area contributed by atoms with Gasteiger partial charge in [-0.2, -0.15) is 0 Å². The van der Waals surface area contributed by atoms with Gasteiger partial charge in [0.05, 0.1) is 5.69 Å². The van der Waals surface area contributed by atoms with Gasteiger partial charge in [0.25, 0.3) is 0 Å². The highest BCUT2D eigenvalue weighted by molar-refractivity contribution is 5.12. The van der Waals surface area contributed by atoms with E-state index in [1.54, 1.807) is 0 Å². The van der Waals surface area contributed by atoms with Crippen molar-refractivity contribution < 1.29 is 0 Å². The average molecular weight is 193 g/mol. The monoisotopic (exact) mass is 193 g/mol. The molecule has 0 aromatic carbocycles. The van der Waals surface area contributed by atoms with Gasteiger partial charge in [0.1, 0.15) is 5.82 Å². The summed E-state index contributed by atoms with van der Waals surface area (Å²) in [4.78, 5) is 8.65. The van der Waals surface area contributed by atoms with Crippen LogP contribution in [-0.2, 0) is 13.0 Å². The Bertz CT molecular complexity index is 313. The van der Waals surface area contributed by atoms with Gasteiger partial charge < -0.3 is 5.73 Å². The minimum atomic E-state index is 0.257. The maximum atomic E-state index is 5.56. The number of aryl methyl sites for hydroxylation is 1. The summed E-state index contributed by atoms with van der Waals surface area (Å²) in [5, 5.41) is 0. The molecule has 1 aromatic heterocycles. The van der Waals surface area contributed by atoms with Crippen molar-refractivity contribution in [1.82, 2.24) is 9.97 Å². The van der Waals surface area contributed by atoms with E-state index in [4.69, 9.17) is 5.73 Å². The molecule has 2 N–H and O–H groups in total. The third-order valence-electron chi connectivity index (χ3n) is 1.86. The molecule has 0 spiro atoms. The molecule has 0 amide bonds. The molecular formula is C11H19N3. The SMILES string of the molecule is Cc1nc(CN)cc(CC(C)(C)C)n1. The van der Waals surface area contributed by atoms with Crippen molar-refractivity contribution in [3.8, 4) is 0 Å². The van der Waals surface area contributed by atoms with Crippen molar-refractivity contribution in [1.29, 1.82) is 0 Å². The van der Waals surface area contributed by atoms with Gasteiger partial charge in [-0.1, -0.05) is 20.8 Å². The van der Waals surface area contributed by atoms with Crippen LogP contribution in [0.25, 0.3) is 0 Å². The van der Waals surface area contributed by atoms with Crippen LogP contribution in [0, 0.1) is 12.3 Å². The lowest BCUT2D eigenvalue weighted by Crippen LogP contribution is -2.13. The van der Waals surface area contributed by atoms with Crippen LogP contribution in [0.4, 0.5) is 0 Å². The van der Waals surface area contributed by atoms with Crippen molar-refractivity contribution in [3.63, 3.8) is 0 Å². The maximum Gasteiger partial charge on any atom is 0.125 e. The minimum Gasteiger partial charge on any atom is -0.325 e. The summed E-state index contributed by atoms with van der Waals surface area (Å²) in [6.07, 6.45) is 0.962. The van der Waals surface area contributed by atoms with Crippen LogP contribution in [0.1, 0.15) is 38.0 Å². The number of nitrogens with two attached hydrogens (primary N) is 1. The second kappa shape index (κ2) is 4.05. The van der Waals surface area contributed by atoms with E-state index in [1.165, 1.54) is 0 Å². The van der Waals surface area contributed by atoms with E-state index < -0.39 is 0 Å². The first-order valence-corrected chi connectivity index (χ1v) is 4.94. The Labute approximate surface area is 85.8 Å². The molecule has 0 bridgehead atoms. The standard InChI is InChI=1S/C11H19N3/c1-8-13-9(6-11(2,3)4)5-10(7-12)14-8/h5H,6-7,12H2,1-4H3. The van der Waals surface area contributed by atoms with E-state index in [9.17, 15) is 0 Å². The van der Waals surface area contributed by atoms with Crippen LogP contribution in [0.2, 0.25) is 0 Å². The fraction of sp³-hybridized carbons (Fsp3) is 0.636. The normalized spacial score (nSPS) is 11.8. The third kappa shape index (κ3) is 3.42. The third-order valence-corrected chi connectivity index (χ3v) is 1.86. The maximum absolute atomic E-state index is 5.56. The van der Waals surface area contributed by atoms with Crippen LogP contribution >= 0.6 is 0 Å². The van der Waals surface area contributed by atoms with Crippen LogP contribution in [0.5, 0.6) is 0 Å². The van der Waals surface area contributed by atoms with Gasteiger partial charge in [-0.25, -0.2) is 9.97 Å². The molecule has 3 nitrogen and oxygen atoms in total. The lowest BCUT2D eigenvalue weighted by molar-refractivity contribution is 0.405. The molecular weight excluding hydrogens is 174 g/mol. The van der Waals surface area contributed by atoms with Crippen molar-refractivity contribution in [2.24, 2.45) is 11.1 Å². The molecule has 0 saturated heterocycles. The summed E-state index contributed by atoms with van der Waals surface area (Å²) >= 11 is 0. The van der Waals surface area contributed by atoms with Crippen molar-refractivity contribution >= 4 is 0 Å². The Morgan fingerprint density at radius 2 is 1.79 bits per heavy atom. The summed E-state index contributed by atoms with van der Waals surface area (Å²) in [6, 6.07) is 2.00. The molecule has 14 heavy (non-hydrogen) atoms. The lowest BCUT2D eigenvalue weighted by Gasteiger charge is -2.17. The van der Waals surface area contributed by atoms with Gasteiger partial charge in [0.15, 0.2) is 0 Å². The van der Waals surface area contributed by atoms with Crippen LogP contribution in [0.15, 0.2) is 6.07 Å². The predicted octanol–water partition coefficient (Wildman–Crippen LogP) is 1.83. The summed E-state index contributed by atoms with van der Waals surface area (Å²) in [7, 11) is 0. The predicted molar refractivity (Wildman–Crippen MR) is 57.8 cm³/mol. The molecule has 3 heteroatoms. The number of aromatic nitrogens is 2. The second-order valence-corrected chi connectivity index (χ2v) is 4.84. The molecule has 1 heterocycles. The van der Waals surface area contributed by atoms with Crippen molar-refractivity contribution in [2.45, 2.75) is 40.7 Å². The Morgan fingerprint density at radius 3 is 2.29 bits per heavy atom. The molecule has 78 valence electrons. The van der Waals surface area contributed by atoms with Gasteiger partial charge in [0.2, 0.25) is 0 Å². The van der Waals surface area contributed by atoms with Gasteiger partial charge in [-0.3, -0.25) is 0 Å². The Balaban J connectivity index is 2.92. The summed E-state index contributed by atoms with van der Waals surface area (Å²) in [5.74, 6) is 0.812. The number of hydrogen-bond acceptors (Lipinski definition) is 3. The second-order valence-electron chi connectivity index (χ2n) is 4.84. The number of rotatable bonds is 2. The highest BCUT2D eigenvalue weighted by Crippen LogP contribution is 2.19. The molecule has 0 radical (unpaired) electrons. The highest BCUT2D eigenvalue weighted by Gasteiger charge is 2.13. The quantitative estimate of drug-likeness (QED) is 0.779. The molecule has 0 atom stereocenters. The molecule has 0 aliphatic heterocycles. The number of nitrogens with zero attached hydrogens (tertiary/aromatic N) is 2. The van der Waals surface area contributed by atoms with Crippen molar-refractivity contribution in [2.75, 3.05) is 0 Å². The zero-order chi connectivity index (χ0) is 10.8. The van der Waals surface area contributed by atoms with E-state index in [1.807, 2.05) is 13.0 Å². The zero-order valence-corrected chi connectivity index (χ0v) is 9.46. The van der Waals surface area contributed by atoms with Gasteiger partial charge in [-0.05, 0) is 24.8 Å². The molecule has 0 saturated carbocycles. The van der Waals surface area contributed by atoms with E-state index >= 15 is 0 Å². The van der Waals surface area contributed by atoms with Crippen LogP contribution in [-0.4, -0.2) is 9.97 Å². The Morgan fingerprint density at radius 1 is 1.21 bits per heavy atom. The lowest BCUT2D eigenvalue weighted by atomic mass is 9.90. The van der Waals surface area contributed by atoms with E-state index in [-0.39, 0.29) is 5.41 Å². The Hall–Kier alpha value is -0.960. The molecule has 0 unspecified atom stereocenters. The minimum absolute atomic E-state index is 0.257. The molecule has 0 aliphatic rings. The summed E-state index contributed by atoms with van der Waals surface area (Å²) in [6.45, 7) is 9.00. The molecule has 0 aliphatic carbocycles. The van der Waals surface area contributed by atoms with Crippen LogP contribution < -0.4 is 5.73 Å². The summed E-state index contributed by atoms with van der Waals surface area (Å²) < 4.78 is 0. The average Bonchev–Trinajstić information content (AvgIpc) is 1.99. The largest absolute Gasteiger partial charge is 0.325 e. The smallest absolute Gasteiger partial charge is 0.125 e. The van der Waals surface area contributed by atoms with Crippen molar-refractivity contribution in [3.05, 3.63) is 23.3 Å². The van der Waals surface area contributed by atoms with Gasteiger partial charge >= 0.3 is 0 Å².